The van der Waals surface area contributed by atoms with Gasteiger partial charge in [-0.15, -0.1) is 0 Å². The van der Waals surface area contributed by atoms with Crippen LogP contribution in [0.15, 0.2) is 6.07 Å². The number of halogens is 14. The zero-order chi connectivity index (χ0) is 25.2. The van der Waals surface area contributed by atoms with Crippen LogP contribution in [0.4, 0.5) is 61.5 Å². The Labute approximate surface area is 171 Å². The third-order valence-electron chi connectivity index (χ3n) is 4.17. The molecule has 0 radical (unpaired) electrons. The van der Waals surface area contributed by atoms with Gasteiger partial charge in [-0.1, -0.05) is 0 Å². The van der Waals surface area contributed by atoms with E-state index in [0.29, 0.717) is 0 Å². The highest BCUT2D eigenvalue weighted by atomic mass is 19.4. The zero-order valence-corrected chi connectivity index (χ0v) is 14.8. The predicted molar refractivity (Wildman–Crippen MR) is 79.6 cm³/mol. The van der Waals surface area contributed by atoms with Crippen molar-refractivity contribution in [2.45, 2.75) is 6.18 Å². The molecule has 0 N–H and O–H groups in total. The minimum absolute atomic E-state index is 0.580. The van der Waals surface area contributed by atoms with Crippen molar-refractivity contribution in [3.8, 4) is 22.4 Å². The van der Waals surface area contributed by atoms with Crippen LogP contribution in [0.2, 0.25) is 0 Å². The average Bonchev–Trinajstić information content (AvgIpc) is 2.75. The van der Waals surface area contributed by atoms with Crippen molar-refractivity contribution in [2.75, 3.05) is 0 Å². The molecule has 33 heavy (non-hydrogen) atoms. The van der Waals surface area contributed by atoms with Gasteiger partial charge in [0.25, 0.3) is 0 Å². The van der Waals surface area contributed by atoms with Gasteiger partial charge in [0.05, 0.1) is 11.1 Å². The zero-order valence-electron chi connectivity index (χ0n) is 14.8. The number of rotatable bonds is 2. The molecule has 0 saturated heterocycles. The maximum Gasteiger partial charge on any atom is 0.433 e. The van der Waals surface area contributed by atoms with Crippen LogP contribution in [0, 0.1) is 64.0 Å². The highest BCUT2D eigenvalue weighted by molar-refractivity contribution is 5.74. The summed E-state index contributed by atoms with van der Waals surface area (Å²) in [6, 6.07) is -0.580. The Morgan fingerprint density at radius 3 is 1.15 bits per heavy atom. The molecule has 0 bridgehead atoms. The lowest BCUT2D eigenvalue weighted by molar-refractivity contribution is -0.141. The fourth-order valence-electron chi connectivity index (χ4n) is 2.68. The molecule has 3 aromatic rings. The van der Waals surface area contributed by atoms with E-state index in [1.807, 2.05) is 0 Å². The fourth-order valence-corrected chi connectivity index (χ4v) is 2.68. The molecule has 0 aliphatic heterocycles. The predicted octanol–water partition coefficient (Wildman–Crippen LogP) is 6.96. The molecule has 0 aliphatic carbocycles. The number of alkyl halides is 3. The summed E-state index contributed by atoms with van der Waals surface area (Å²) in [5.41, 5.74) is -11.6. The van der Waals surface area contributed by atoms with Crippen LogP contribution in [0.5, 0.6) is 0 Å². The molecular weight excluding hydrogens is 496 g/mol. The van der Waals surface area contributed by atoms with Crippen LogP contribution in [0.1, 0.15) is 5.69 Å². The van der Waals surface area contributed by atoms with Crippen LogP contribution < -0.4 is 0 Å². The quantitative estimate of drug-likeness (QED) is 0.212. The molecule has 0 saturated carbocycles. The van der Waals surface area contributed by atoms with Gasteiger partial charge in [-0.3, -0.25) is 0 Å². The van der Waals surface area contributed by atoms with Crippen LogP contribution in [0.25, 0.3) is 22.4 Å². The molecule has 3 rings (SSSR count). The highest BCUT2D eigenvalue weighted by Gasteiger charge is 2.39. The standard InChI is InChI=1S/C18HF14N/c19-6-2(4-7(20)11(24)15(28)12(25)8(4)21)1-3(18(30,31)32)33-17(6)5-9(22)13(26)16(29)14(27)10(5)23/h1H. The van der Waals surface area contributed by atoms with E-state index in [9.17, 15) is 61.5 Å². The van der Waals surface area contributed by atoms with Gasteiger partial charge in [0.1, 0.15) is 11.4 Å². The second kappa shape index (κ2) is 7.88. The summed E-state index contributed by atoms with van der Waals surface area (Å²) in [5.74, 6) is -30.6. The largest absolute Gasteiger partial charge is 0.433 e. The van der Waals surface area contributed by atoms with Crippen molar-refractivity contribution in [3.05, 3.63) is 75.7 Å². The molecule has 176 valence electrons. The second-order valence-electron chi connectivity index (χ2n) is 6.11. The minimum Gasteiger partial charge on any atom is -0.240 e. The maximum absolute atomic E-state index is 14.9. The van der Waals surface area contributed by atoms with E-state index in [1.54, 1.807) is 0 Å². The normalized spacial score (nSPS) is 11.9. The Balaban J connectivity index is 2.56. The van der Waals surface area contributed by atoms with E-state index in [0.717, 1.165) is 0 Å². The van der Waals surface area contributed by atoms with Gasteiger partial charge in [0.2, 0.25) is 11.6 Å². The summed E-state index contributed by atoms with van der Waals surface area (Å²) in [4.78, 5) is 2.41. The van der Waals surface area contributed by atoms with Gasteiger partial charge in [0, 0.05) is 5.56 Å². The van der Waals surface area contributed by atoms with Gasteiger partial charge in [-0.25, -0.2) is 53.3 Å². The molecule has 0 aliphatic rings. The van der Waals surface area contributed by atoms with Crippen LogP contribution in [-0.2, 0) is 6.18 Å². The van der Waals surface area contributed by atoms with Gasteiger partial charge in [-0.05, 0) is 6.07 Å². The number of hydrogen-bond donors (Lipinski definition) is 0. The lowest BCUT2D eigenvalue weighted by atomic mass is 9.98. The summed E-state index contributed by atoms with van der Waals surface area (Å²) in [7, 11) is 0. The Morgan fingerprint density at radius 1 is 0.455 bits per heavy atom. The number of nitrogens with zero attached hydrogens (tertiary/aromatic N) is 1. The molecule has 2 aromatic carbocycles. The summed E-state index contributed by atoms with van der Waals surface area (Å²) in [5, 5.41) is 0. The van der Waals surface area contributed by atoms with E-state index in [-0.39, 0.29) is 0 Å². The van der Waals surface area contributed by atoms with Gasteiger partial charge in [-0.2, -0.15) is 13.2 Å². The first-order valence-corrected chi connectivity index (χ1v) is 7.92. The smallest absolute Gasteiger partial charge is 0.240 e. The van der Waals surface area contributed by atoms with Crippen LogP contribution in [0.3, 0.4) is 0 Å². The number of hydrogen-bond acceptors (Lipinski definition) is 1. The van der Waals surface area contributed by atoms with Gasteiger partial charge >= 0.3 is 6.18 Å². The summed E-state index contributed by atoms with van der Waals surface area (Å²) >= 11 is 0. The summed E-state index contributed by atoms with van der Waals surface area (Å²) in [6.07, 6.45) is -5.72. The third-order valence-corrected chi connectivity index (χ3v) is 4.17. The molecule has 1 nitrogen and oxygen atoms in total. The molecule has 0 fully saturated rings. The maximum atomic E-state index is 14.9. The van der Waals surface area contributed by atoms with E-state index in [2.05, 4.69) is 4.98 Å². The molecule has 15 heteroatoms. The highest BCUT2D eigenvalue weighted by Crippen LogP contribution is 2.41. The molecule has 1 aromatic heterocycles. The Kier molecular flexibility index (Phi) is 5.79. The lowest BCUT2D eigenvalue weighted by Crippen LogP contribution is -2.14. The molecular formula is C18HF14N. The first-order valence-electron chi connectivity index (χ1n) is 7.92. The van der Waals surface area contributed by atoms with E-state index in [1.165, 1.54) is 0 Å². The van der Waals surface area contributed by atoms with Crippen molar-refractivity contribution < 1.29 is 61.5 Å². The Hall–Kier alpha value is -3.39. The second-order valence-corrected chi connectivity index (χ2v) is 6.11. The topological polar surface area (TPSA) is 12.9 Å². The SMILES string of the molecule is Fc1c(-c2c(F)c(F)c(F)c(F)c2F)cc(C(F)(F)F)nc1-c1c(F)c(F)c(F)c(F)c1F. The average molecular weight is 497 g/mol. The Morgan fingerprint density at radius 2 is 0.788 bits per heavy atom. The van der Waals surface area contributed by atoms with Crippen molar-refractivity contribution in [1.82, 2.24) is 4.98 Å². The molecule has 0 unspecified atom stereocenters. The van der Waals surface area contributed by atoms with Crippen LogP contribution >= 0.6 is 0 Å². The first kappa shape index (κ1) is 24.3. The van der Waals surface area contributed by atoms with E-state index in [4.69, 9.17) is 0 Å². The third kappa shape index (κ3) is 3.64. The van der Waals surface area contributed by atoms with Crippen LogP contribution in [-0.4, -0.2) is 4.98 Å². The van der Waals surface area contributed by atoms with Gasteiger partial charge in [0.15, 0.2) is 52.4 Å². The lowest BCUT2D eigenvalue weighted by Gasteiger charge is -2.16. The number of aromatic nitrogens is 1. The number of pyridine rings is 1. The summed E-state index contributed by atoms with van der Waals surface area (Å²) in [6.45, 7) is 0. The molecule has 1 heterocycles. The van der Waals surface area contributed by atoms with Gasteiger partial charge < -0.3 is 0 Å². The van der Waals surface area contributed by atoms with E-state index < -0.39 is 104 Å². The van der Waals surface area contributed by atoms with Crippen molar-refractivity contribution >= 4 is 0 Å². The summed E-state index contributed by atoms with van der Waals surface area (Å²) < 4.78 is 191. The van der Waals surface area contributed by atoms with Crippen molar-refractivity contribution in [3.63, 3.8) is 0 Å². The molecule has 0 atom stereocenters. The van der Waals surface area contributed by atoms with E-state index >= 15 is 0 Å². The molecule has 0 amide bonds. The minimum atomic E-state index is -5.72. The van der Waals surface area contributed by atoms with Crippen molar-refractivity contribution in [1.29, 1.82) is 0 Å². The first-order chi connectivity index (χ1) is 15.1. The van der Waals surface area contributed by atoms with Crippen molar-refractivity contribution in [2.24, 2.45) is 0 Å². The number of benzene rings is 2. The monoisotopic (exact) mass is 497 g/mol. The fraction of sp³-hybridized carbons (Fsp3) is 0.0556. The molecule has 0 spiro atoms. The Bertz CT molecular complexity index is 1160.